The van der Waals surface area contributed by atoms with Gasteiger partial charge in [0, 0.05) is 19.7 Å². The van der Waals surface area contributed by atoms with Crippen LogP contribution >= 0.6 is 0 Å². The number of hydrogen-bond donors (Lipinski definition) is 1. The maximum absolute atomic E-state index is 12.3. The van der Waals surface area contributed by atoms with Crippen molar-refractivity contribution in [2.75, 3.05) is 19.4 Å². The second-order valence-electron chi connectivity index (χ2n) is 7.00. The molecule has 0 unspecified atom stereocenters. The predicted octanol–water partition coefficient (Wildman–Crippen LogP) is 2.24. The van der Waals surface area contributed by atoms with Crippen LogP contribution in [0.2, 0.25) is 0 Å². The molecule has 19 heavy (non-hydrogen) atoms. The summed E-state index contributed by atoms with van der Waals surface area (Å²) in [7, 11) is -1.44. The van der Waals surface area contributed by atoms with Crippen LogP contribution in [0, 0.1) is 11.3 Å². The molecule has 1 aliphatic rings. The zero-order valence-corrected chi connectivity index (χ0v) is 13.5. The average Bonchev–Trinajstić information content (AvgIpc) is 2.35. The number of nitrogens with zero attached hydrogens (tertiary/aromatic N) is 1. The summed E-state index contributed by atoms with van der Waals surface area (Å²) < 4.78 is 26.2. The van der Waals surface area contributed by atoms with Gasteiger partial charge in [-0.25, -0.2) is 12.7 Å². The van der Waals surface area contributed by atoms with Crippen LogP contribution in [-0.2, 0) is 10.0 Å². The number of rotatable bonds is 5. The van der Waals surface area contributed by atoms with E-state index < -0.39 is 10.0 Å². The molecule has 0 heterocycles. The molecule has 1 fully saturated rings. The zero-order chi connectivity index (χ0) is 14.7. The molecular formula is C14H29NO3S. The van der Waals surface area contributed by atoms with Crippen molar-refractivity contribution in [1.82, 2.24) is 4.31 Å². The molecule has 0 bridgehead atoms. The summed E-state index contributed by atoms with van der Waals surface area (Å²) in [6, 6.07) is 0.118. The third kappa shape index (κ3) is 5.40. The van der Waals surface area contributed by atoms with Crippen LogP contribution < -0.4 is 0 Å². The van der Waals surface area contributed by atoms with Crippen LogP contribution in [0.4, 0.5) is 0 Å². The van der Waals surface area contributed by atoms with Crippen molar-refractivity contribution in [2.45, 2.75) is 58.9 Å². The highest BCUT2D eigenvalue weighted by molar-refractivity contribution is 7.89. The third-order valence-corrected chi connectivity index (χ3v) is 6.03. The van der Waals surface area contributed by atoms with E-state index in [2.05, 4.69) is 20.8 Å². The van der Waals surface area contributed by atoms with E-state index in [0.717, 1.165) is 25.7 Å². The molecule has 0 aromatic rings. The first kappa shape index (κ1) is 16.9. The van der Waals surface area contributed by atoms with Crippen LogP contribution in [-0.4, -0.2) is 43.3 Å². The topological polar surface area (TPSA) is 57.6 Å². The lowest BCUT2D eigenvalue weighted by atomic mass is 9.87. The van der Waals surface area contributed by atoms with E-state index in [1.165, 1.54) is 0 Å². The van der Waals surface area contributed by atoms with Crippen molar-refractivity contribution >= 4 is 10.0 Å². The maximum Gasteiger partial charge on any atom is 0.214 e. The van der Waals surface area contributed by atoms with Gasteiger partial charge in [-0.3, -0.25) is 0 Å². The van der Waals surface area contributed by atoms with Crippen molar-refractivity contribution in [1.29, 1.82) is 0 Å². The van der Waals surface area contributed by atoms with E-state index in [1.54, 1.807) is 11.4 Å². The summed E-state index contributed by atoms with van der Waals surface area (Å²) in [5.74, 6) is 0.592. The molecule has 0 aromatic carbocycles. The van der Waals surface area contributed by atoms with Gasteiger partial charge in [0.2, 0.25) is 10.0 Å². The molecule has 0 atom stereocenters. The lowest BCUT2D eigenvalue weighted by Gasteiger charge is -2.34. The van der Waals surface area contributed by atoms with Crippen LogP contribution in [0.3, 0.4) is 0 Å². The van der Waals surface area contributed by atoms with Gasteiger partial charge in [-0.1, -0.05) is 20.8 Å². The van der Waals surface area contributed by atoms with Crippen LogP contribution in [0.1, 0.15) is 52.9 Å². The molecule has 114 valence electrons. The number of sulfonamides is 1. The Bertz CT molecular complexity index is 365. The van der Waals surface area contributed by atoms with Crippen molar-refractivity contribution < 1.29 is 13.5 Å². The van der Waals surface area contributed by atoms with E-state index >= 15 is 0 Å². The number of aliphatic hydroxyl groups excluding tert-OH is 1. The van der Waals surface area contributed by atoms with E-state index in [-0.39, 0.29) is 23.8 Å². The largest absolute Gasteiger partial charge is 0.396 e. The Morgan fingerprint density at radius 2 is 1.68 bits per heavy atom. The van der Waals surface area contributed by atoms with Gasteiger partial charge in [-0.2, -0.15) is 0 Å². The highest BCUT2D eigenvalue weighted by Gasteiger charge is 2.30. The molecule has 0 amide bonds. The molecule has 0 spiro atoms. The van der Waals surface area contributed by atoms with Gasteiger partial charge in [0.15, 0.2) is 0 Å². The second kappa shape index (κ2) is 6.55. The lowest BCUT2D eigenvalue weighted by Crippen LogP contribution is -2.41. The maximum atomic E-state index is 12.3. The number of hydrogen-bond acceptors (Lipinski definition) is 3. The molecule has 4 nitrogen and oxygen atoms in total. The second-order valence-corrected chi connectivity index (χ2v) is 9.15. The predicted molar refractivity (Wildman–Crippen MR) is 78.5 cm³/mol. The summed E-state index contributed by atoms with van der Waals surface area (Å²) in [5, 5.41) is 9.12. The first-order valence-electron chi connectivity index (χ1n) is 7.22. The van der Waals surface area contributed by atoms with Crippen molar-refractivity contribution in [2.24, 2.45) is 11.3 Å². The van der Waals surface area contributed by atoms with Gasteiger partial charge in [0.05, 0.1) is 5.75 Å². The van der Waals surface area contributed by atoms with Crippen molar-refractivity contribution in [3.63, 3.8) is 0 Å². The molecule has 0 aromatic heterocycles. The Balaban J connectivity index is 2.54. The SMILES string of the molecule is CN(C1CCC(CO)CC1)S(=O)(=O)CCC(C)(C)C. The van der Waals surface area contributed by atoms with Gasteiger partial charge in [0.25, 0.3) is 0 Å². The first-order valence-corrected chi connectivity index (χ1v) is 8.83. The molecule has 1 saturated carbocycles. The molecule has 1 aliphatic carbocycles. The van der Waals surface area contributed by atoms with Gasteiger partial charge < -0.3 is 5.11 Å². The summed E-state index contributed by atoms with van der Waals surface area (Å²) >= 11 is 0. The van der Waals surface area contributed by atoms with Gasteiger partial charge in [-0.15, -0.1) is 0 Å². The third-order valence-electron chi connectivity index (χ3n) is 4.14. The standard InChI is InChI=1S/C14H29NO3S/c1-14(2,3)9-10-19(17,18)15(4)13-7-5-12(11-16)6-8-13/h12-13,16H,5-11H2,1-4H3. The molecular weight excluding hydrogens is 262 g/mol. The fourth-order valence-corrected chi connectivity index (χ4v) is 4.32. The average molecular weight is 291 g/mol. The van der Waals surface area contributed by atoms with Gasteiger partial charge in [0.1, 0.15) is 0 Å². The van der Waals surface area contributed by atoms with Gasteiger partial charge >= 0.3 is 0 Å². The van der Waals surface area contributed by atoms with Crippen LogP contribution in [0.15, 0.2) is 0 Å². The fraction of sp³-hybridized carbons (Fsp3) is 1.00. The normalized spacial score (nSPS) is 25.8. The van der Waals surface area contributed by atoms with Crippen molar-refractivity contribution in [3.8, 4) is 0 Å². The molecule has 0 radical (unpaired) electrons. The summed E-state index contributed by atoms with van der Waals surface area (Å²) in [6.45, 7) is 6.42. The molecule has 1 rings (SSSR count). The molecule has 5 heteroatoms. The first-order chi connectivity index (χ1) is 8.65. The Labute approximate surface area is 118 Å². The van der Waals surface area contributed by atoms with E-state index in [1.807, 2.05) is 0 Å². The molecule has 1 N–H and O–H groups in total. The minimum Gasteiger partial charge on any atom is -0.396 e. The smallest absolute Gasteiger partial charge is 0.214 e. The minimum atomic E-state index is -3.15. The zero-order valence-electron chi connectivity index (χ0n) is 12.7. The van der Waals surface area contributed by atoms with E-state index in [0.29, 0.717) is 12.3 Å². The monoisotopic (exact) mass is 291 g/mol. The van der Waals surface area contributed by atoms with E-state index in [4.69, 9.17) is 5.11 Å². The summed E-state index contributed by atoms with van der Waals surface area (Å²) in [6.07, 6.45) is 4.29. The number of aliphatic hydroxyl groups is 1. The minimum absolute atomic E-state index is 0.0441. The Hall–Kier alpha value is -0.130. The Morgan fingerprint density at radius 3 is 2.11 bits per heavy atom. The Morgan fingerprint density at radius 1 is 1.16 bits per heavy atom. The van der Waals surface area contributed by atoms with Crippen LogP contribution in [0.5, 0.6) is 0 Å². The van der Waals surface area contributed by atoms with E-state index in [9.17, 15) is 8.42 Å². The highest BCUT2D eigenvalue weighted by atomic mass is 32.2. The quantitative estimate of drug-likeness (QED) is 0.845. The summed E-state index contributed by atoms with van der Waals surface area (Å²) in [4.78, 5) is 0. The molecule has 0 aliphatic heterocycles. The Kier molecular flexibility index (Phi) is 5.83. The lowest BCUT2D eigenvalue weighted by molar-refractivity contribution is 0.159. The van der Waals surface area contributed by atoms with Gasteiger partial charge in [-0.05, 0) is 43.4 Å². The van der Waals surface area contributed by atoms with Crippen LogP contribution in [0.25, 0.3) is 0 Å². The molecule has 0 saturated heterocycles. The fourth-order valence-electron chi connectivity index (χ4n) is 2.50. The highest BCUT2D eigenvalue weighted by Crippen LogP contribution is 2.29. The summed E-state index contributed by atoms with van der Waals surface area (Å²) in [5.41, 5.74) is 0.0441. The van der Waals surface area contributed by atoms with Crippen molar-refractivity contribution in [3.05, 3.63) is 0 Å².